The molecule has 0 bridgehead atoms. The molecule has 4 rings (SSSR count). The summed E-state index contributed by atoms with van der Waals surface area (Å²) in [5, 5.41) is 1.25. The molecular formula is C18H21N5O. The molecule has 0 spiro atoms. The van der Waals surface area contributed by atoms with E-state index in [0.29, 0.717) is 5.95 Å². The molecule has 124 valence electrons. The van der Waals surface area contributed by atoms with E-state index in [9.17, 15) is 4.79 Å². The number of nitrogens with one attached hydrogen (secondary N) is 2. The summed E-state index contributed by atoms with van der Waals surface area (Å²) in [5.41, 5.74) is 3.18. The van der Waals surface area contributed by atoms with Crippen molar-refractivity contribution in [1.82, 2.24) is 19.9 Å². The molecule has 0 atom stereocenters. The molecule has 0 amide bonds. The number of hydrogen-bond acceptors (Lipinski definition) is 4. The number of H-pyrrole nitrogens is 2. The molecule has 6 heteroatoms. The lowest BCUT2D eigenvalue weighted by Crippen LogP contribution is -2.47. The molecule has 1 aliphatic rings. The van der Waals surface area contributed by atoms with Crippen molar-refractivity contribution in [3.63, 3.8) is 0 Å². The van der Waals surface area contributed by atoms with Gasteiger partial charge in [0.1, 0.15) is 0 Å². The summed E-state index contributed by atoms with van der Waals surface area (Å²) in [4.78, 5) is 26.7. The lowest BCUT2D eigenvalue weighted by molar-refractivity contribution is 0.248. The van der Waals surface area contributed by atoms with Gasteiger partial charge in [0.15, 0.2) is 0 Å². The number of fused-ring (bicyclic) bond motifs is 1. The molecule has 0 unspecified atom stereocenters. The largest absolute Gasteiger partial charge is 0.361 e. The van der Waals surface area contributed by atoms with E-state index in [4.69, 9.17) is 0 Å². The van der Waals surface area contributed by atoms with Crippen LogP contribution >= 0.6 is 0 Å². The summed E-state index contributed by atoms with van der Waals surface area (Å²) >= 11 is 0. The van der Waals surface area contributed by atoms with Crippen molar-refractivity contribution < 1.29 is 0 Å². The zero-order chi connectivity index (χ0) is 16.5. The predicted octanol–water partition coefficient (Wildman–Crippen LogP) is 1.88. The first-order valence-electron chi connectivity index (χ1n) is 8.29. The number of benzene rings is 1. The third-order valence-electron chi connectivity index (χ3n) is 4.55. The van der Waals surface area contributed by atoms with Gasteiger partial charge < -0.3 is 9.88 Å². The summed E-state index contributed by atoms with van der Waals surface area (Å²) in [7, 11) is 0. The van der Waals surface area contributed by atoms with Crippen molar-refractivity contribution in [3.8, 4) is 0 Å². The van der Waals surface area contributed by atoms with E-state index in [0.717, 1.165) is 38.4 Å². The summed E-state index contributed by atoms with van der Waals surface area (Å²) in [6.07, 6.45) is 1.98. The maximum atomic E-state index is 11.6. The normalized spacial score (nSPS) is 16.0. The van der Waals surface area contributed by atoms with E-state index in [1.807, 2.05) is 13.1 Å². The summed E-state index contributed by atoms with van der Waals surface area (Å²) in [6, 6.07) is 10.2. The van der Waals surface area contributed by atoms with Gasteiger partial charge >= 0.3 is 0 Å². The first kappa shape index (κ1) is 15.0. The Morgan fingerprint density at radius 3 is 2.75 bits per heavy atom. The van der Waals surface area contributed by atoms with Crippen LogP contribution in [0.1, 0.15) is 11.3 Å². The van der Waals surface area contributed by atoms with Gasteiger partial charge in [-0.15, -0.1) is 0 Å². The Morgan fingerprint density at radius 1 is 1.12 bits per heavy atom. The van der Waals surface area contributed by atoms with Crippen LogP contribution in [-0.2, 0) is 6.54 Å². The molecule has 24 heavy (non-hydrogen) atoms. The molecule has 0 aliphatic carbocycles. The van der Waals surface area contributed by atoms with Crippen LogP contribution in [0, 0.1) is 6.92 Å². The van der Waals surface area contributed by atoms with Crippen molar-refractivity contribution in [3.05, 3.63) is 58.1 Å². The van der Waals surface area contributed by atoms with Crippen LogP contribution in [0.3, 0.4) is 0 Å². The van der Waals surface area contributed by atoms with Gasteiger partial charge in [0.25, 0.3) is 5.56 Å². The third-order valence-corrected chi connectivity index (χ3v) is 4.55. The molecular weight excluding hydrogens is 302 g/mol. The summed E-state index contributed by atoms with van der Waals surface area (Å²) in [5.74, 6) is 0.687. The second kappa shape index (κ2) is 6.13. The fourth-order valence-electron chi connectivity index (χ4n) is 3.28. The van der Waals surface area contributed by atoms with Gasteiger partial charge in [-0.2, -0.15) is 0 Å². The van der Waals surface area contributed by atoms with Crippen LogP contribution < -0.4 is 10.5 Å². The fraction of sp³-hybridized carbons (Fsp3) is 0.333. The highest BCUT2D eigenvalue weighted by Crippen LogP contribution is 2.17. The average Bonchev–Trinajstić information content (AvgIpc) is 3.02. The smallest absolute Gasteiger partial charge is 0.252 e. The molecule has 1 fully saturated rings. The van der Waals surface area contributed by atoms with E-state index in [2.05, 4.69) is 49.0 Å². The second-order valence-electron chi connectivity index (χ2n) is 6.37. The predicted molar refractivity (Wildman–Crippen MR) is 95.4 cm³/mol. The molecule has 0 radical (unpaired) electrons. The average molecular weight is 323 g/mol. The van der Waals surface area contributed by atoms with Gasteiger partial charge in [0.2, 0.25) is 5.95 Å². The minimum Gasteiger partial charge on any atom is -0.361 e. The molecule has 1 saturated heterocycles. The van der Waals surface area contributed by atoms with Gasteiger partial charge in [-0.25, -0.2) is 4.98 Å². The monoisotopic (exact) mass is 323 g/mol. The van der Waals surface area contributed by atoms with E-state index in [-0.39, 0.29) is 5.56 Å². The minimum absolute atomic E-state index is 0.0841. The van der Waals surface area contributed by atoms with Crippen LogP contribution in [0.4, 0.5) is 5.95 Å². The number of piperazine rings is 1. The number of hydrogen-bond donors (Lipinski definition) is 2. The maximum absolute atomic E-state index is 11.6. The SMILES string of the molecule is Cc1cc(=O)[nH]c(N2CCN(Cc3ccc4cc[nH]c4c3)CC2)n1. The molecule has 2 N–H and O–H groups in total. The second-order valence-corrected chi connectivity index (χ2v) is 6.37. The Kier molecular flexibility index (Phi) is 3.82. The van der Waals surface area contributed by atoms with Crippen LogP contribution in [0.2, 0.25) is 0 Å². The number of aromatic nitrogens is 3. The Morgan fingerprint density at radius 2 is 1.96 bits per heavy atom. The van der Waals surface area contributed by atoms with Crippen LogP contribution in [0.15, 0.2) is 41.3 Å². The quantitative estimate of drug-likeness (QED) is 0.772. The van der Waals surface area contributed by atoms with Crippen LogP contribution in [-0.4, -0.2) is 46.0 Å². The first-order valence-corrected chi connectivity index (χ1v) is 8.29. The van der Waals surface area contributed by atoms with E-state index < -0.39 is 0 Å². The van der Waals surface area contributed by atoms with Crippen molar-refractivity contribution in [2.45, 2.75) is 13.5 Å². The Bertz CT molecular complexity index is 905. The highest BCUT2D eigenvalue weighted by molar-refractivity contribution is 5.79. The van der Waals surface area contributed by atoms with E-state index in [1.165, 1.54) is 22.5 Å². The van der Waals surface area contributed by atoms with Crippen molar-refractivity contribution in [1.29, 1.82) is 0 Å². The Hall–Kier alpha value is -2.60. The highest BCUT2D eigenvalue weighted by atomic mass is 16.1. The van der Waals surface area contributed by atoms with Gasteiger partial charge in [-0.05, 0) is 30.0 Å². The maximum Gasteiger partial charge on any atom is 0.252 e. The molecule has 6 nitrogen and oxygen atoms in total. The molecule has 2 aromatic heterocycles. The Labute approximate surface area is 140 Å². The Balaban J connectivity index is 1.41. The van der Waals surface area contributed by atoms with Crippen LogP contribution in [0.25, 0.3) is 10.9 Å². The summed E-state index contributed by atoms with van der Waals surface area (Å²) < 4.78 is 0. The molecule has 3 aromatic rings. The fourth-order valence-corrected chi connectivity index (χ4v) is 3.28. The number of rotatable bonds is 3. The lowest BCUT2D eigenvalue weighted by Gasteiger charge is -2.35. The van der Waals surface area contributed by atoms with Gasteiger partial charge in [-0.1, -0.05) is 12.1 Å². The highest BCUT2D eigenvalue weighted by Gasteiger charge is 2.19. The van der Waals surface area contributed by atoms with Gasteiger partial charge in [-0.3, -0.25) is 14.7 Å². The number of nitrogens with zero attached hydrogens (tertiary/aromatic N) is 3. The van der Waals surface area contributed by atoms with Crippen molar-refractivity contribution >= 4 is 16.9 Å². The zero-order valence-electron chi connectivity index (χ0n) is 13.7. The van der Waals surface area contributed by atoms with Gasteiger partial charge in [0.05, 0.1) is 0 Å². The van der Waals surface area contributed by atoms with E-state index >= 15 is 0 Å². The number of aryl methyl sites for hydroxylation is 1. The number of anilines is 1. The number of aromatic amines is 2. The molecule has 3 heterocycles. The zero-order valence-corrected chi connectivity index (χ0v) is 13.7. The minimum atomic E-state index is -0.0841. The lowest BCUT2D eigenvalue weighted by atomic mass is 10.1. The molecule has 1 aromatic carbocycles. The molecule has 0 saturated carbocycles. The first-order chi connectivity index (χ1) is 11.7. The van der Waals surface area contributed by atoms with Crippen molar-refractivity contribution in [2.75, 3.05) is 31.1 Å². The van der Waals surface area contributed by atoms with E-state index in [1.54, 1.807) is 0 Å². The summed E-state index contributed by atoms with van der Waals surface area (Å²) in [6.45, 7) is 6.46. The standard InChI is InChI=1S/C18H21N5O/c1-13-10-17(24)21-18(20-13)23-8-6-22(7-9-23)12-14-2-3-15-4-5-19-16(15)11-14/h2-5,10-11,19H,6-9,12H2,1H3,(H,20,21,24). The van der Waals surface area contributed by atoms with Crippen molar-refractivity contribution in [2.24, 2.45) is 0 Å². The topological polar surface area (TPSA) is 68.0 Å². The van der Waals surface area contributed by atoms with Gasteiger partial charge in [0, 0.05) is 56.2 Å². The van der Waals surface area contributed by atoms with Crippen LogP contribution in [0.5, 0.6) is 0 Å². The third kappa shape index (κ3) is 3.05. The molecule has 1 aliphatic heterocycles.